The molecule has 2 N–H and O–H groups in total. The van der Waals surface area contributed by atoms with Crippen LogP contribution in [0.4, 0.5) is 13.2 Å². The van der Waals surface area contributed by atoms with E-state index in [1.165, 1.54) is 0 Å². The normalized spacial score (nSPS) is 11.8. The first kappa shape index (κ1) is 14.3. The fourth-order valence-electron chi connectivity index (χ4n) is 1.20. The van der Waals surface area contributed by atoms with Gasteiger partial charge in [-0.05, 0) is 17.2 Å². The fraction of sp³-hybridized carbons (Fsp3) is 0.455. The van der Waals surface area contributed by atoms with Crippen molar-refractivity contribution in [2.24, 2.45) is 5.73 Å². The van der Waals surface area contributed by atoms with Crippen molar-refractivity contribution in [3.63, 3.8) is 0 Å². The Hall–Kier alpha value is -0.780. The molecule has 2 nitrogen and oxygen atoms in total. The van der Waals surface area contributed by atoms with Gasteiger partial charge in [-0.15, -0.1) is 0 Å². The molecule has 0 bridgehead atoms. The lowest BCUT2D eigenvalue weighted by Crippen LogP contribution is -2.11. The van der Waals surface area contributed by atoms with Gasteiger partial charge in [0, 0.05) is 11.6 Å². The van der Waals surface area contributed by atoms with Crippen molar-refractivity contribution in [1.29, 1.82) is 0 Å². The minimum Gasteiger partial charge on any atom is -0.376 e. The lowest BCUT2D eigenvalue weighted by molar-refractivity contribution is -0.146. The molecule has 0 aliphatic heterocycles. The van der Waals surface area contributed by atoms with Gasteiger partial charge in [-0.3, -0.25) is 0 Å². The highest BCUT2D eigenvalue weighted by molar-refractivity contribution is 6.31. The summed E-state index contributed by atoms with van der Waals surface area (Å²) < 4.78 is 40.4. The Morgan fingerprint density at radius 1 is 1.29 bits per heavy atom. The zero-order chi connectivity index (χ0) is 12.9. The van der Waals surface area contributed by atoms with E-state index in [0.717, 1.165) is 5.56 Å². The highest BCUT2D eigenvalue weighted by Gasteiger charge is 2.26. The Morgan fingerprint density at radius 3 is 2.53 bits per heavy atom. The summed E-state index contributed by atoms with van der Waals surface area (Å²) in [5, 5.41) is 0.458. The molecule has 0 atom stereocenters. The molecule has 1 rings (SSSR count). The van der Waals surface area contributed by atoms with E-state index in [2.05, 4.69) is 0 Å². The molecule has 0 spiro atoms. The van der Waals surface area contributed by atoms with Gasteiger partial charge in [0.1, 0.15) is 0 Å². The van der Waals surface area contributed by atoms with Crippen LogP contribution in [0.25, 0.3) is 0 Å². The Kier molecular flexibility index (Phi) is 5.24. The Labute approximate surface area is 103 Å². The van der Waals surface area contributed by atoms with Crippen LogP contribution in [0.3, 0.4) is 0 Å². The SMILES string of the molecule is NCc1ccc(COCCC(F)(F)F)c(Cl)c1. The molecule has 0 unspecified atom stereocenters. The molecule has 0 aliphatic carbocycles. The zero-order valence-electron chi connectivity index (χ0n) is 9.06. The van der Waals surface area contributed by atoms with Gasteiger partial charge < -0.3 is 10.5 Å². The van der Waals surface area contributed by atoms with Gasteiger partial charge in [0.05, 0.1) is 19.6 Å². The number of hydrogen-bond acceptors (Lipinski definition) is 2. The molecule has 96 valence electrons. The number of alkyl halides is 3. The van der Waals surface area contributed by atoms with E-state index < -0.39 is 12.6 Å². The van der Waals surface area contributed by atoms with Crippen LogP contribution in [0.2, 0.25) is 5.02 Å². The van der Waals surface area contributed by atoms with Crippen LogP contribution in [0.15, 0.2) is 18.2 Å². The van der Waals surface area contributed by atoms with E-state index in [1.54, 1.807) is 18.2 Å². The molecule has 0 amide bonds. The summed E-state index contributed by atoms with van der Waals surface area (Å²) in [7, 11) is 0. The van der Waals surface area contributed by atoms with Crippen LogP contribution in [0.1, 0.15) is 17.5 Å². The van der Waals surface area contributed by atoms with E-state index in [1.807, 2.05) is 0 Å². The minimum absolute atomic E-state index is 0.0692. The first-order valence-corrected chi connectivity index (χ1v) is 5.42. The van der Waals surface area contributed by atoms with E-state index in [-0.39, 0.29) is 13.2 Å². The fourth-order valence-corrected chi connectivity index (χ4v) is 1.46. The van der Waals surface area contributed by atoms with Crippen LogP contribution in [-0.4, -0.2) is 12.8 Å². The van der Waals surface area contributed by atoms with Crippen molar-refractivity contribution in [1.82, 2.24) is 0 Å². The molecule has 1 aromatic rings. The van der Waals surface area contributed by atoms with Gasteiger partial charge in [0.15, 0.2) is 0 Å². The van der Waals surface area contributed by atoms with Crippen molar-refractivity contribution >= 4 is 11.6 Å². The average Bonchev–Trinajstić information content (AvgIpc) is 2.24. The van der Waals surface area contributed by atoms with Gasteiger partial charge in [-0.25, -0.2) is 0 Å². The van der Waals surface area contributed by atoms with Crippen molar-refractivity contribution in [3.8, 4) is 0 Å². The molecular weight excluding hydrogens is 255 g/mol. The predicted octanol–water partition coefficient (Wildman–Crippen LogP) is 3.27. The quantitative estimate of drug-likeness (QED) is 0.831. The molecule has 0 saturated carbocycles. The molecule has 0 fully saturated rings. The first-order chi connectivity index (χ1) is 7.92. The third kappa shape index (κ3) is 5.39. The molecule has 17 heavy (non-hydrogen) atoms. The second kappa shape index (κ2) is 6.23. The second-order valence-corrected chi connectivity index (χ2v) is 3.95. The number of ether oxygens (including phenoxy) is 1. The van der Waals surface area contributed by atoms with Crippen molar-refractivity contribution in [2.75, 3.05) is 6.61 Å². The number of halogens is 4. The molecule has 0 aromatic heterocycles. The van der Waals surface area contributed by atoms with Crippen molar-refractivity contribution in [3.05, 3.63) is 34.3 Å². The summed E-state index contributed by atoms with van der Waals surface area (Å²) in [4.78, 5) is 0. The van der Waals surface area contributed by atoms with Gasteiger partial charge in [-0.1, -0.05) is 23.7 Å². The summed E-state index contributed by atoms with van der Waals surface area (Å²) in [6.07, 6.45) is -5.14. The van der Waals surface area contributed by atoms with E-state index in [0.29, 0.717) is 17.1 Å². The van der Waals surface area contributed by atoms with Gasteiger partial charge in [-0.2, -0.15) is 13.2 Å². The molecule has 0 aliphatic rings. The highest BCUT2D eigenvalue weighted by atomic mass is 35.5. The smallest absolute Gasteiger partial charge is 0.376 e. The topological polar surface area (TPSA) is 35.2 Å². The Morgan fingerprint density at radius 2 is 2.00 bits per heavy atom. The van der Waals surface area contributed by atoms with Crippen LogP contribution in [-0.2, 0) is 17.9 Å². The summed E-state index contributed by atoms with van der Waals surface area (Å²) in [5.41, 5.74) is 6.95. The maximum Gasteiger partial charge on any atom is 0.391 e. The Balaban J connectivity index is 2.42. The summed E-state index contributed by atoms with van der Waals surface area (Å²) in [6.45, 7) is 0.0766. The summed E-state index contributed by atoms with van der Waals surface area (Å²) in [6, 6.07) is 5.16. The van der Waals surface area contributed by atoms with E-state index >= 15 is 0 Å². The molecule has 0 radical (unpaired) electrons. The maximum atomic E-state index is 11.8. The largest absolute Gasteiger partial charge is 0.391 e. The maximum absolute atomic E-state index is 11.8. The van der Waals surface area contributed by atoms with Gasteiger partial charge in [0.2, 0.25) is 0 Å². The van der Waals surface area contributed by atoms with E-state index in [9.17, 15) is 13.2 Å². The number of rotatable bonds is 5. The standard InChI is InChI=1S/C11H13ClF3NO/c12-10-5-8(6-16)1-2-9(10)7-17-4-3-11(13,14)15/h1-2,5H,3-4,6-7,16H2. The monoisotopic (exact) mass is 267 g/mol. The number of benzene rings is 1. The predicted molar refractivity (Wildman–Crippen MR) is 59.7 cm³/mol. The lowest BCUT2D eigenvalue weighted by Gasteiger charge is -2.09. The van der Waals surface area contributed by atoms with Crippen LogP contribution in [0, 0.1) is 0 Å². The number of hydrogen-bond donors (Lipinski definition) is 1. The lowest BCUT2D eigenvalue weighted by atomic mass is 10.1. The molecular formula is C11H13ClF3NO. The average molecular weight is 268 g/mol. The van der Waals surface area contributed by atoms with Gasteiger partial charge in [0.25, 0.3) is 0 Å². The summed E-state index contributed by atoms with van der Waals surface area (Å²) in [5.74, 6) is 0. The zero-order valence-corrected chi connectivity index (χ0v) is 9.81. The second-order valence-electron chi connectivity index (χ2n) is 3.55. The third-order valence-corrected chi connectivity index (χ3v) is 2.49. The molecule has 1 aromatic carbocycles. The molecule has 0 heterocycles. The van der Waals surface area contributed by atoms with Crippen LogP contribution >= 0.6 is 11.6 Å². The molecule has 0 saturated heterocycles. The van der Waals surface area contributed by atoms with Crippen molar-refractivity contribution < 1.29 is 17.9 Å². The van der Waals surface area contributed by atoms with E-state index in [4.69, 9.17) is 22.1 Å². The number of nitrogens with two attached hydrogens (primary N) is 1. The highest BCUT2D eigenvalue weighted by Crippen LogP contribution is 2.21. The van der Waals surface area contributed by atoms with Crippen LogP contribution < -0.4 is 5.73 Å². The molecule has 6 heteroatoms. The summed E-state index contributed by atoms with van der Waals surface area (Å²) >= 11 is 5.92. The first-order valence-electron chi connectivity index (χ1n) is 5.04. The van der Waals surface area contributed by atoms with Gasteiger partial charge >= 0.3 is 6.18 Å². The van der Waals surface area contributed by atoms with Crippen LogP contribution in [0.5, 0.6) is 0 Å². The minimum atomic E-state index is -4.19. The Bertz CT molecular complexity index is 368. The third-order valence-electron chi connectivity index (χ3n) is 2.14. The van der Waals surface area contributed by atoms with Crippen molar-refractivity contribution in [2.45, 2.75) is 25.7 Å².